The average molecular weight is 140 g/mol. The van der Waals surface area contributed by atoms with Crippen molar-refractivity contribution >= 4 is 0 Å². The lowest BCUT2D eigenvalue weighted by atomic mass is 10.1. The second kappa shape index (κ2) is 5.24. The van der Waals surface area contributed by atoms with Crippen LogP contribution in [-0.4, -0.2) is 11.2 Å². The van der Waals surface area contributed by atoms with Gasteiger partial charge in [-0.05, 0) is 19.3 Å². The molecule has 0 heterocycles. The van der Waals surface area contributed by atoms with Crippen LogP contribution in [0.3, 0.4) is 0 Å². The summed E-state index contributed by atoms with van der Waals surface area (Å²) in [7, 11) is 0. The van der Waals surface area contributed by atoms with Crippen molar-refractivity contribution in [3.63, 3.8) is 0 Å². The van der Waals surface area contributed by atoms with E-state index in [4.69, 9.17) is 5.11 Å². The molecule has 0 rings (SSSR count). The number of aliphatic hydroxyl groups excluding tert-OH is 1. The Morgan fingerprint density at radius 1 is 1.50 bits per heavy atom. The van der Waals surface area contributed by atoms with E-state index in [0.29, 0.717) is 5.92 Å². The highest BCUT2D eigenvalue weighted by Gasteiger charge is 1.90. The molecule has 2 unspecified atom stereocenters. The molecule has 2 atom stereocenters. The minimum absolute atomic E-state index is 0.322. The molecule has 0 saturated heterocycles. The molecule has 0 aliphatic carbocycles. The van der Waals surface area contributed by atoms with Gasteiger partial charge < -0.3 is 5.11 Å². The van der Waals surface area contributed by atoms with Crippen molar-refractivity contribution in [2.24, 2.45) is 5.92 Å². The van der Waals surface area contributed by atoms with E-state index in [-0.39, 0.29) is 6.10 Å². The van der Waals surface area contributed by atoms with Crippen LogP contribution in [0.5, 0.6) is 0 Å². The number of allylic oxidation sites excluding steroid dienone is 2. The van der Waals surface area contributed by atoms with E-state index in [1.165, 1.54) is 0 Å². The first-order chi connectivity index (χ1) is 4.66. The topological polar surface area (TPSA) is 20.2 Å². The van der Waals surface area contributed by atoms with Gasteiger partial charge in [-0.1, -0.05) is 25.2 Å². The van der Waals surface area contributed by atoms with Crippen molar-refractivity contribution in [1.29, 1.82) is 0 Å². The number of hydrogen-bond donors (Lipinski definition) is 1. The maximum absolute atomic E-state index is 8.83. The van der Waals surface area contributed by atoms with E-state index in [1.807, 2.05) is 12.2 Å². The predicted molar refractivity (Wildman–Crippen MR) is 44.8 cm³/mol. The SMILES string of the molecule is C=CC(C)C/C=C/C(C)O. The van der Waals surface area contributed by atoms with Crippen molar-refractivity contribution in [1.82, 2.24) is 0 Å². The molecular formula is C9H16O. The summed E-state index contributed by atoms with van der Waals surface area (Å²) in [4.78, 5) is 0. The summed E-state index contributed by atoms with van der Waals surface area (Å²) in [6, 6.07) is 0. The lowest BCUT2D eigenvalue weighted by Crippen LogP contribution is -1.92. The summed E-state index contributed by atoms with van der Waals surface area (Å²) in [5, 5.41) is 8.83. The van der Waals surface area contributed by atoms with Crippen LogP contribution in [0.4, 0.5) is 0 Å². The predicted octanol–water partition coefficient (Wildman–Crippen LogP) is 2.14. The molecule has 10 heavy (non-hydrogen) atoms. The van der Waals surface area contributed by atoms with Gasteiger partial charge in [-0.15, -0.1) is 6.58 Å². The molecule has 1 N–H and O–H groups in total. The van der Waals surface area contributed by atoms with E-state index in [2.05, 4.69) is 13.5 Å². The first kappa shape index (κ1) is 9.44. The van der Waals surface area contributed by atoms with Gasteiger partial charge in [-0.25, -0.2) is 0 Å². The van der Waals surface area contributed by atoms with Crippen molar-refractivity contribution in [2.45, 2.75) is 26.4 Å². The largest absolute Gasteiger partial charge is 0.389 e. The molecule has 0 aliphatic rings. The lowest BCUT2D eigenvalue weighted by molar-refractivity contribution is 0.243. The zero-order chi connectivity index (χ0) is 7.98. The fourth-order valence-corrected chi connectivity index (χ4v) is 0.586. The third-order valence-corrected chi connectivity index (χ3v) is 1.32. The Hall–Kier alpha value is -0.560. The van der Waals surface area contributed by atoms with Gasteiger partial charge in [0.1, 0.15) is 0 Å². The Balaban J connectivity index is 3.42. The van der Waals surface area contributed by atoms with Crippen LogP contribution in [0, 0.1) is 5.92 Å². The Morgan fingerprint density at radius 2 is 2.10 bits per heavy atom. The Morgan fingerprint density at radius 3 is 2.50 bits per heavy atom. The number of aliphatic hydroxyl groups is 1. The average Bonchev–Trinajstić information content (AvgIpc) is 1.87. The lowest BCUT2D eigenvalue weighted by Gasteiger charge is -1.99. The summed E-state index contributed by atoms with van der Waals surface area (Å²) in [6.45, 7) is 7.50. The second-order valence-electron chi connectivity index (χ2n) is 2.62. The molecule has 0 fully saturated rings. The van der Waals surface area contributed by atoms with Crippen molar-refractivity contribution < 1.29 is 5.11 Å². The molecule has 0 bridgehead atoms. The van der Waals surface area contributed by atoms with Gasteiger partial charge >= 0.3 is 0 Å². The van der Waals surface area contributed by atoms with Crippen LogP contribution in [0.15, 0.2) is 24.8 Å². The summed E-state index contributed by atoms with van der Waals surface area (Å²) in [5.74, 6) is 0.509. The van der Waals surface area contributed by atoms with Gasteiger partial charge in [0, 0.05) is 0 Å². The van der Waals surface area contributed by atoms with E-state index >= 15 is 0 Å². The molecule has 0 aliphatic heterocycles. The zero-order valence-electron chi connectivity index (χ0n) is 6.75. The van der Waals surface area contributed by atoms with E-state index in [1.54, 1.807) is 13.0 Å². The van der Waals surface area contributed by atoms with Gasteiger partial charge in [-0.3, -0.25) is 0 Å². The van der Waals surface area contributed by atoms with Crippen LogP contribution in [0.2, 0.25) is 0 Å². The van der Waals surface area contributed by atoms with Crippen LogP contribution in [0.25, 0.3) is 0 Å². The van der Waals surface area contributed by atoms with E-state index < -0.39 is 0 Å². The molecular weight excluding hydrogens is 124 g/mol. The molecule has 0 amide bonds. The number of hydrogen-bond acceptors (Lipinski definition) is 1. The summed E-state index contributed by atoms with van der Waals surface area (Å²) in [6.07, 6.45) is 6.33. The Labute approximate surface area is 63.1 Å². The quantitative estimate of drug-likeness (QED) is 0.593. The fourth-order valence-electron chi connectivity index (χ4n) is 0.586. The summed E-state index contributed by atoms with van der Waals surface area (Å²) < 4.78 is 0. The van der Waals surface area contributed by atoms with Crippen molar-refractivity contribution in [3.8, 4) is 0 Å². The normalized spacial score (nSPS) is 17.1. The molecule has 1 nitrogen and oxygen atoms in total. The van der Waals surface area contributed by atoms with E-state index in [0.717, 1.165) is 6.42 Å². The van der Waals surface area contributed by atoms with Gasteiger partial charge in [0.05, 0.1) is 6.10 Å². The van der Waals surface area contributed by atoms with Crippen LogP contribution in [0.1, 0.15) is 20.3 Å². The molecule has 0 radical (unpaired) electrons. The Bertz CT molecular complexity index is 114. The number of rotatable bonds is 4. The van der Waals surface area contributed by atoms with Gasteiger partial charge in [0.15, 0.2) is 0 Å². The maximum Gasteiger partial charge on any atom is 0.0692 e. The highest BCUT2D eigenvalue weighted by Crippen LogP contribution is 2.02. The molecule has 0 spiro atoms. The maximum atomic E-state index is 8.83. The smallest absolute Gasteiger partial charge is 0.0692 e. The van der Waals surface area contributed by atoms with Crippen LogP contribution < -0.4 is 0 Å². The first-order valence-corrected chi connectivity index (χ1v) is 3.64. The van der Waals surface area contributed by atoms with Gasteiger partial charge in [-0.2, -0.15) is 0 Å². The minimum Gasteiger partial charge on any atom is -0.389 e. The third kappa shape index (κ3) is 5.57. The van der Waals surface area contributed by atoms with Crippen molar-refractivity contribution in [2.75, 3.05) is 0 Å². The molecule has 0 aromatic heterocycles. The summed E-state index contributed by atoms with van der Waals surface area (Å²) in [5.41, 5.74) is 0. The molecule has 0 aromatic rings. The Kier molecular flexibility index (Phi) is 4.95. The van der Waals surface area contributed by atoms with Gasteiger partial charge in [0.25, 0.3) is 0 Å². The fraction of sp³-hybridized carbons (Fsp3) is 0.556. The molecule has 1 heteroatoms. The molecule has 58 valence electrons. The van der Waals surface area contributed by atoms with Gasteiger partial charge in [0.2, 0.25) is 0 Å². The van der Waals surface area contributed by atoms with Crippen LogP contribution >= 0.6 is 0 Å². The minimum atomic E-state index is -0.322. The summed E-state index contributed by atoms with van der Waals surface area (Å²) >= 11 is 0. The zero-order valence-corrected chi connectivity index (χ0v) is 6.75. The highest BCUT2D eigenvalue weighted by atomic mass is 16.3. The van der Waals surface area contributed by atoms with E-state index in [9.17, 15) is 0 Å². The molecule has 0 saturated carbocycles. The third-order valence-electron chi connectivity index (χ3n) is 1.32. The van der Waals surface area contributed by atoms with Crippen LogP contribution in [-0.2, 0) is 0 Å². The molecule has 0 aromatic carbocycles. The first-order valence-electron chi connectivity index (χ1n) is 3.64. The highest BCUT2D eigenvalue weighted by molar-refractivity contribution is 4.90. The standard InChI is InChI=1S/C9H16O/c1-4-8(2)6-5-7-9(3)10/h4-5,7-10H,1,6H2,2-3H3/b7-5+. The monoisotopic (exact) mass is 140 g/mol. The van der Waals surface area contributed by atoms with Crippen molar-refractivity contribution in [3.05, 3.63) is 24.8 Å². The second-order valence-corrected chi connectivity index (χ2v) is 2.62.